The second-order valence-corrected chi connectivity index (χ2v) is 5.96. The first-order valence-electron chi connectivity index (χ1n) is 7.44. The van der Waals surface area contributed by atoms with Gasteiger partial charge in [-0.3, -0.25) is 4.79 Å². The van der Waals surface area contributed by atoms with Gasteiger partial charge >= 0.3 is 0 Å². The van der Waals surface area contributed by atoms with Crippen molar-refractivity contribution in [3.8, 4) is 5.88 Å². The van der Waals surface area contributed by atoms with Crippen molar-refractivity contribution < 1.29 is 14.6 Å². The van der Waals surface area contributed by atoms with Crippen molar-refractivity contribution in [3.05, 3.63) is 23.9 Å². The Morgan fingerprint density at radius 1 is 1.38 bits per heavy atom. The highest BCUT2D eigenvalue weighted by atomic mass is 16.5. The highest BCUT2D eigenvalue weighted by molar-refractivity contribution is 5.96. The Kier molecular flexibility index (Phi) is 7.15. The summed E-state index contributed by atoms with van der Waals surface area (Å²) in [4.78, 5) is 16.3. The van der Waals surface area contributed by atoms with Crippen LogP contribution in [0.5, 0.6) is 5.88 Å². The Hall–Kier alpha value is -1.62. The SMILES string of the molecule is CC(C)COc1ncccc1C(=O)NCC(C)CC(C)O. The standard InChI is InChI=1S/C16H26N2O3/c1-11(2)10-21-16-14(6-5-7-17-16)15(20)18-9-12(3)8-13(4)19/h5-7,11-13,19H,8-10H2,1-4H3,(H,18,20). The van der Waals surface area contributed by atoms with E-state index in [1.54, 1.807) is 25.3 Å². The van der Waals surface area contributed by atoms with Crippen molar-refractivity contribution in [1.29, 1.82) is 0 Å². The van der Waals surface area contributed by atoms with Crippen molar-refractivity contribution in [1.82, 2.24) is 10.3 Å². The zero-order valence-corrected chi connectivity index (χ0v) is 13.3. The van der Waals surface area contributed by atoms with Crippen LogP contribution < -0.4 is 10.1 Å². The van der Waals surface area contributed by atoms with E-state index in [-0.39, 0.29) is 17.9 Å². The number of carbonyl (C=O) groups is 1. The van der Waals surface area contributed by atoms with Crippen molar-refractivity contribution >= 4 is 5.91 Å². The third kappa shape index (κ3) is 6.58. The highest BCUT2D eigenvalue weighted by Gasteiger charge is 2.15. The summed E-state index contributed by atoms with van der Waals surface area (Å²) in [5.74, 6) is 0.755. The molecule has 0 aliphatic carbocycles. The predicted molar refractivity (Wildman–Crippen MR) is 82.4 cm³/mol. The molecule has 5 nitrogen and oxygen atoms in total. The minimum atomic E-state index is -0.361. The van der Waals surface area contributed by atoms with E-state index in [1.165, 1.54) is 0 Å². The van der Waals surface area contributed by atoms with E-state index in [0.717, 1.165) is 0 Å². The lowest BCUT2D eigenvalue weighted by Crippen LogP contribution is -2.30. The zero-order chi connectivity index (χ0) is 15.8. The molecular weight excluding hydrogens is 268 g/mol. The lowest BCUT2D eigenvalue weighted by atomic mass is 10.0. The molecule has 2 unspecified atom stereocenters. The summed E-state index contributed by atoms with van der Waals surface area (Å²) in [7, 11) is 0. The molecule has 0 spiro atoms. The number of hydrogen-bond acceptors (Lipinski definition) is 4. The molecule has 0 aliphatic rings. The van der Waals surface area contributed by atoms with Crippen LogP contribution in [0.4, 0.5) is 0 Å². The summed E-state index contributed by atoms with van der Waals surface area (Å²) < 4.78 is 5.58. The summed E-state index contributed by atoms with van der Waals surface area (Å²) in [6.07, 6.45) is 1.91. The maximum Gasteiger partial charge on any atom is 0.256 e. The van der Waals surface area contributed by atoms with Crippen LogP contribution in [0.3, 0.4) is 0 Å². The number of nitrogens with zero attached hydrogens (tertiary/aromatic N) is 1. The van der Waals surface area contributed by atoms with Crippen molar-refractivity contribution in [2.75, 3.05) is 13.2 Å². The molecular formula is C16H26N2O3. The molecule has 1 heterocycles. The molecule has 1 aromatic rings. The molecule has 0 aromatic carbocycles. The van der Waals surface area contributed by atoms with Gasteiger partial charge in [0.25, 0.3) is 5.91 Å². The van der Waals surface area contributed by atoms with Crippen molar-refractivity contribution in [2.24, 2.45) is 11.8 Å². The quantitative estimate of drug-likeness (QED) is 0.771. The summed E-state index contributed by atoms with van der Waals surface area (Å²) >= 11 is 0. The van der Waals surface area contributed by atoms with Crippen molar-refractivity contribution in [3.63, 3.8) is 0 Å². The number of rotatable bonds is 8. The van der Waals surface area contributed by atoms with E-state index < -0.39 is 0 Å². The first-order valence-corrected chi connectivity index (χ1v) is 7.44. The number of aliphatic hydroxyl groups excluding tert-OH is 1. The van der Waals surface area contributed by atoms with Crippen LogP contribution in [0, 0.1) is 11.8 Å². The molecule has 2 atom stereocenters. The van der Waals surface area contributed by atoms with Gasteiger partial charge in [-0.25, -0.2) is 4.98 Å². The third-order valence-electron chi connectivity index (χ3n) is 2.92. The van der Waals surface area contributed by atoms with Crippen molar-refractivity contribution in [2.45, 2.75) is 40.2 Å². The minimum Gasteiger partial charge on any atom is -0.477 e. The predicted octanol–water partition coefficient (Wildman–Crippen LogP) is 2.25. The molecule has 1 rings (SSSR count). The summed E-state index contributed by atoms with van der Waals surface area (Å²) in [6.45, 7) is 8.86. The Bertz CT molecular complexity index is 447. The molecule has 5 heteroatoms. The van der Waals surface area contributed by atoms with E-state index in [9.17, 15) is 9.90 Å². The number of ether oxygens (including phenoxy) is 1. The van der Waals surface area contributed by atoms with Gasteiger partial charge in [-0.05, 0) is 37.3 Å². The van der Waals surface area contributed by atoms with Gasteiger partial charge in [-0.1, -0.05) is 20.8 Å². The van der Waals surface area contributed by atoms with E-state index in [1.807, 2.05) is 20.8 Å². The van der Waals surface area contributed by atoms with Gasteiger partial charge in [0.15, 0.2) is 0 Å². The summed E-state index contributed by atoms with van der Waals surface area (Å²) in [6, 6.07) is 3.42. The van der Waals surface area contributed by atoms with E-state index >= 15 is 0 Å². The minimum absolute atomic E-state index is 0.195. The number of pyridine rings is 1. The second kappa shape index (κ2) is 8.62. The number of nitrogens with one attached hydrogen (secondary N) is 1. The van der Waals surface area contributed by atoms with Gasteiger partial charge in [-0.2, -0.15) is 0 Å². The first kappa shape index (κ1) is 17.4. The smallest absolute Gasteiger partial charge is 0.256 e. The summed E-state index contributed by atoms with van der Waals surface area (Å²) in [5, 5.41) is 12.2. The molecule has 0 bridgehead atoms. The summed E-state index contributed by atoms with van der Waals surface area (Å²) in [5.41, 5.74) is 0.447. The van der Waals surface area contributed by atoms with Crippen LogP contribution in [0.1, 0.15) is 44.5 Å². The van der Waals surface area contributed by atoms with Crippen LogP contribution in [0.2, 0.25) is 0 Å². The number of carbonyl (C=O) groups excluding carboxylic acids is 1. The average Bonchev–Trinajstić information content (AvgIpc) is 2.42. The molecule has 0 radical (unpaired) electrons. The first-order chi connectivity index (χ1) is 9.90. The fraction of sp³-hybridized carbons (Fsp3) is 0.625. The average molecular weight is 294 g/mol. The molecule has 2 N–H and O–H groups in total. The number of aliphatic hydroxyl groups is 1. The normalized spacial score (nSPS) is 13.8. The van der Waals surface area contributed by atoms with Crippen LogP contribution in [0.25, 0.3) is 0 Å². The monoisotopic (exact) mass is 294 g/mol. The third-order valence-corrected chi connectivity index (χ3v) is 2.92. The number of aromatic nitrogens is 1. The van der Waals surface area contributed by atoms with E-state index in [0.29, 0.717) is 36.9 Å². The van der Waals surface area contributed by atoms with Gasteiger partial charge in [-0.15, -0.1) is 0 Å². The zero-order valence-electron chi connectivity index (χ0n) is 13.3. The Balaban J connectivity index is 2.61. The molecule has 0 saturated heterocycles. The molecule has 21 heavy (non-hydrogen) atoms. The maximum absolute atomic E-state index is 12.2. The fourth-order valence-corrected chi connectivity index (χ4v) is 1.95. The van der Waals surface area contributed by atoms with Crippen LogP contribution in [-0.4, -0.2) is 35.3 Å². The van der Waals surface area contributed by atoms with Crippen LogP contribution in [-0.2, 0) is 0 Å². The van der Waals surface area contributed by atoms with Crippen LogP contribution in [0.15, 0.2) is 18.3 Å². The van der Waals surface area contributed by atoms with Gasteiger partial charge < -0.3 is 15.2 Å². The Morgan fingerprint density at radius 2 is 2.10 bits per heavy atom. The van der Waals surface area contributed by atoms with E-state index in [4.69, 9.17) is 4.74 Å². The molecule has 0 aliphatic heterocycles. The van der Waals surface area contributed by atoms with E-state index in [2.05, 4.69) is 10.3 Å². The number of amides is 1. The second-order valence-electron chi connectivity index (χ2n) is 5.96. The fourth-order valence-electron chi connectivity index (χ4n) is 1.95. The van der Waals surface area contributed by atoms with Gasteiger partial charge in [0.1, 0.15) is 5.56 Å². The highest BCUT2D eigenvalue weighted by Crippen LogP contribution is 2.15. The van der Waals surface area contributed by atoms with Gasteiger partial charge in [0.2, 0.25) is 5.88 Å². The number of hydrogen-bond donors (Lipinski definition) is 2. The van der Waals surface area contributed by atoms with Crippen LogP contribution >= 0.6 is 0 Å². The lowest BCUT2D eigenvalue weighted by molar-refractivity contribution is 0.0933. The molecule has 1 amide bonds. The topological polar surface area (TPSA) is 71.5 Å². The molecule has 0 saturated carbocycles. The maximum atomic E-state index is 12.2. The molecule has 118 valence electrons. The lowest BCUT2D eigenvalue weighted by Gasteiger charge is -2.15. The van der Waals surface area contributed by atoms with Gasteiger partial charge in [0, 0.05) is 12.7 Å². The van der Waals surface area contributed by atoms with Gasteiger partial charge in [0.05, 0.1) is 12.7 Å². The largest absolute Gasteiger partial charge is 0.477 e. The Morgan fingerprint density at radius 3 is 2.71 bits per heavy atom. The molecule has 1 aromatic heterocycles. The molecule has 0 fully saturated rings. The Labute approximate surface area is 126 Å².